The normalized spacial score (nSPS) is 33.7. The van der Waals surface area contributed by atoms with E-state index in [1.54, 1.807) is 6.92 Å². The third kappa shape index (κ3) is 8.46. The summed E-state index contributed by atoms with van der Waals surface area (Å²) in [5.74, 6) is -2.16. The van der Waals surface area contributed by atoms with Crippen LogP contribution in [0.25, 0.3) is 0 Å². The molecule has 0 aromatic carbocycles. The van der Waals surface area contributed by atoms with Crippen LogP contribution in [0.4, 0.5) is 0 Å². The maximum atomic E-state index is 11.8. The molecule has 0 aromatic rings. The van der Waals surface area contributed by atoms with Crippen molar-refractivity contribution < 1.29 is 52.6 Å². The van der Waals surface area contributed by atoms with Gasteiger partial charge in [0.15, 0.2) is 12.4 Å². The molecule has 8 atom stereocenters. The van der Waals surface area contributed by atoms with E-state index >= 15 is 0 Å². The molecule has 2 aliphatic heterocycles. The first-order valence-electron chi connectivity index (χ1n) is 11.8. The van der Waals surface area contributed by atoms with E-state index in [9.17, 15) is 19.5 Å². The van der Waals surface area contributed by atoms with E-state index < -0.39 is 66.7 Å². The summed E-state index contributed by atoms with van der Waals surface area (Å²) in [6, 6.07) is 0. The summed E-state index contributed by atoms with van der Waals surface area (Å²) in [5.41, 5.74) is 0. The van der Waals surface area contributed by atoms with Crippen LogP contribution >= 0.6 is 0 Å². The predicted molar refractivity (Wildman–Crippen MR) is 117 cm³/mol. The molecule has 2 saturated heterocycles. The molecule has 11 nitrogen and oxygen atoms in total. The fourth-order valence-corrected chi connectivity index (χ4v) is 3.98. The smallest absolute Gasteiger partial charge is 0.303 e. The van der Waals surface area contributed by atoms with Gasteiger partial charge >= 0.3 is 17.9 Å². The van der Waals surface area contributed by atoms with Gasteiger partial charge in [0.2, 0.25) is 0 Å². The first-order valence-corrected chi connectivity index (χ1v) is 11.8. The van der Waals surface area contributed by atoms with E-state index in [-0.39, 0.29) is 13.2 Å². The van der Waals surface area contributed by atoms with Gasteiger partial charge in [-0.3, -0.25) is 14.4 Å². The molecular formula is C23H38O11. The van der Waals surface area contributed by atoms with Gasteiger partial charge in [-0.15, -0.1) is 0 Å². The van der Waals surface area contributed by atoms with Crippen LogP contribution in [-0.2, 0) is 47.5 Å². The second kappa shape index (κ2) is 13.9. The summed E-state index contributed by atoms with van der Waals surface area (Å²) in [6.45, 7) is 8.54. The summed E-state index contributed by atoms with van der Waals surface area (Å²) >= 11 is 0. The van der Waals surface area contributed by atoms with Gasteiger partial charge in [0, 0.05) is 39.9 Å². The predicted octanol–water partition coefficient (Wildman–Crippen LogP) is 1.13. The Balaban J connectivity index is 2.18. The van der Waals surface area contributed by atoms with E-state index in [4.69, 9.17) is 33.2 Å². The Bertz CT molecular complexity index is 669. The van der Waals surface area contributed by atoms with Gasteiger partial charge in [-0.2, -0.15) is 0 Å². The number of esters is 3. The number of hydrogen-bond donors (Lipinski definition) is 1. The number of carbonyl (C=O) groups excluding carboxylic acids is 3. The highest BCUT2D eigenvalue weighted by molar-refractivity contribution is 5.67. The minimum Gasteiger partial charge on any atom is -0.463 e. The van der Waals surface area contributed by atoms with Crippen molar-refractivity contribution in [1.82, 2.24) is 0 Å². The first kappa shape index (κ1) is 28.4. The monoisotopic (exact) mass is 490 g/mol. The number of hydrogen-bond acceptors (Lipinski definition) is 11. The van der Waals surface area contributed by atoms with Gasteiger partial charge in [-0.25, -0.2) is 0 Å². The zero-order valence-corrected chi connectivity index (χ0v) is 20.6. The average Bonchev–Trinajstić information content (AvgIpc) is 2.76. The van der Waals surface area contributed by atoms with Gasteiger partial charge in [0.05, 0.1) is 12.7 Å². The second-order valence-corrected chi connectivity index (χ2v) is 8.64. The molecule has 0 saturated carbocycles. The summed E-state index contributed by atoms with van der Waals surface area (Å²) in [6.07, 6.45) is -3.93. The van der Waals surface area contributed by atoms with Crippen LogP contribution < -0.4 is 0 Å². The minimum absolute atomic E-state index is 0.106. The molecule has 2 rings (SSSR count). The van der Waals surface area contributed by atoms with Crippen LogP contribution in [0.2, 0.25) is 0 Å². The van der Waals surface area contributed by atoms with Crippen LogP contribution in [-0.4, -0.2) is 92.4 Å². The highest BCUT2D eigenvalue weighted by atomic mass is 16.7. The lowest BCUT2D eigenvalue weighted by molar-refractivity contribution is -0.320. The summed E-state index contributed by atoms with van der Waals surface area (Å²) in [4.78, 5) is 35.0. The fourth-order valence-electron chi connectivity index (χ4n) is 3.98. The molecule has 0 amide bonds. The largest absolute Gasteiger partial charge is 0.463 e. The maximum absolute atomic E-state index is 11.8. The Kier molecular flexibility index (Phi) is 11.7. The Hall–Kier alpha value is -1.79. The third-order valence-corrected chi connectivity index (χ3v) is 5.79. The maximum Gasteiger partial charge on any atom is 0.303 e. The Morgan fingerprint density at radius 2 is 1.65 bits per heavy atom. The second-order valence-electron chi connectivity index (χ2n) is 8.64. The lowest BCUT2D eigenvalue weighted by atomic mass is 9.90. The molecule has 2 aliphatic rings. The number of aliphatic hydroxyl groups is 1. The molecule has 0 aliphatic carbocycles. The van der Waals surface area contributed by atoms with Gasteiger partial charge in [-0.05, 0) is 12.8 Å². The number of aliphatic hydroxyl groups excluding tert-OH is 1. The highest BCUT2D eigenvalue weighted by Crippen LogP contribution is 2.33. The van der Waals surface area contributed by atoms with E-state index in [1.807, 2.05) is 0 Å². The Morgan fingerprint density at radius 3 is 2.26 bits per heavy atom. The van der Waals surface area contributed by atoms with Crippen molar-refractivity contribution in [1.29, 1.82) is 0 Å². The zero-order chi connectivity index (χ0) is 25.3. The molecule has 0 radical (unpaired) electrons. The first-order chi connectivity index (χ1) is 16.1. The van der Waals surface area contributed by atoms with E-state index in [0.29, 0.717) is 19.6 Å². The Morgan fingerprint density at radius 1 is 0.971 bits per heavy atom. The molecule has 0 spiro atoms. The van der Waals surface area contributed by atoms with Crippen molar-refractivity contribution >= 4 is 17.9 Å². The Labute approximate surface area is 200 Å². The zero-order valence-electron chi connectivity index (χ0n) is 20.6. The third-order valence-electron chi connectivity index (χ3n) is 5.79. The number of rotatable bonds is 11. The number of ether oxygens (including phenoxy) is 7. The van der Waals surface area contributed by atoms with E-state index in [2.05, 4.69) is 6.92 Å². The van der Waals surface area contributed by atoms with Crippen molar-refractivity contribution in [2.24, 2.45) is 5.92 Å². The molecule has 8 unspecified atom stereocenters. The van der Waals surface area contributed by atoms with Crippen molar-refractivity contribution in [3.05, 3.63) is 0 Å². The summed E-state index contributed by atoms with van der Waals surface area (Å²) in [7, 11) is 0. The van der Waals surface area contributed by atoms with Crippen molar-refractivity contribution in [3.8, 4) is 0 Å². The fraction of sp³-hybridized carbons (Fsp3) is 0.870. The topological polar surface area (TPSA) is 136 Å². The molecule has 1 N–H and O–H groups in total. The van der Waals surface area contributed by atoms with Crippen molar-refractivity contribution in [2.45, 2.75) is 96.8 Å². The average molecular weight is 491 g/mol. The van der Waals surface area contributed by atoms with Gasteiger partial charge in [0.1, 0.15) is 31.0 Å². The van der Waals surface area contributed by atoms with Crippen LogP contribution in [0.3, 0.4) is 0 Å². The molecule has 0 aromatic heterocycles. The standard InChI is InChI=1S/C23H38O11/c1-6-7-9-28-11-19-20(27)17(8-10-29-19)33-23-22(32-16(5)26)21(31-15(4)25)13(2)18(34-23)12-30-14(3)24/h13,17-23,27H,6-12H2,1-5H3. The quantitative estimate of drug-likeness (QED) is 0.253. The highest BCUT2D eigenvalue weighted by Gasteiger charge is 2.50. The lowest BCUT2D eigenvalue weighted by Gasteiger charge is -2.45. The van der Waals surface area contributed by atoms with Crippen LogP contribution in [0.5, 0.6) is 0 Å². The number of carbonyl (C=O) groups is 3. The van der Waals surface area contributed by atoms with E-state index in [0.717, 1.165) is 12.8 Å². The van der Waals surface area contributed by atoms with Gasteiger partial charge in [0.25, 0.3) is 0 Å². The number of unbranched alkanes of at least 4 members (excludes halogenated alkanes) is 1. The molecular weight excluding hydrogens is 452 g/mol. The molecule has 2 heterocycles. The molecule has 196 valence electrons. The minimum atomic E-state index is -1.18. The molecule has 2 fully saturated rings. The van der Waals surface area contributed by atoms with E-state index in [1.165, 1.54) is 20.8 Å². The molecule has 11 heteroatoms. The SMILES string of the molecule is CCCCOCC1OCCC(OC2OC(COC(C)=O)C(C)C(OC(C)=O)C2OC(C)=O)C1O. The van der Waals surface area contributed by atoms with Crippen LogP contribution in [0.1, 0.15) is 53.9 Å². The van der Waals surface area contributed by atoms with Crippen molar-refractivity contribution in [2.75, 3.05) is 26.4 Å². The van der Waals surface area contributed by atoms with Crippen LogP contribution in [0.15, 0.2) is 0 Å². The summed E-state index contributed by atoms with van der Waals surface area (Å²) < 4.78 is 39.4. The van der Waals surface area contributed by atoms with Crippen LogP contribution in [0, 0.1) is 5.92 Å². The summed E-state index contributed by atoms with van der Waals surface area (Å²) in [5, 5.41) is 10.8. The van der Waals surface area contributed by atoms with Crippen molar-refractivity contribution in [3.63, 3.8) is 0 Å². The lowest BCUT2D eigenvalue weighted by Crippen LogP contribution is -2.60. The van der Waals surface area contributed by atoms with Gasteiger partial charge < -0.3 is 38.3 Å². The molecule has 0 bridgehead atoms. The molecule has 34 heavy (non-hydrogen) atoms. The van der Waals surface area contributed by atoms with Gasteiger partial charge in [-0.1, -0.05) is 20.3 Å².